The smallest absolute Gasteiger partial charge is 0.0448 e. The summed E-state index contributed by atoms with van der Waals surface area (Å²) >= 11 is 0. The molecule has 60 valence electrons. The van der Waals surface area contributed by atoms with Gasteiger partial charge in [-0.05, 0) is 39.2 Å². The zero-order valence-corrected chi connectivity index (χ0v) is 6.85. The molecule has 1 atom stereocenters. The number of hydrogen-bond acceptors (Lipinski definition) is 2. The van der Waals surface area contributed by atoms with Crippen LogP contribution in [-0.4, -0.2) is 24.3 Å². The average Bonchev–Trinajstić information content (AvgIpc) is 2.69. The summed E-state index contributed by atoms with van der Waals surface area (Å²) in [4.78, 5) is 0. The zero-order chi connectivity index (χ0) is 7.61. The fourth-order valence-electron chi connectivity index (χ4n) is 1.49. The highest BCUT2D eigenvalue weighted by Gasteiger charge is 2.39. The van der Waals surface area contributed by atoms with Crippen LogP contribution in [-0.2, 0) is 0 Å². The van der Waals surface area contributed by atoms with Crippen LogP contribution in [0.15, 0.2) is 0 Å². The molecule has 1 saturated carbocycles. The maximum absolute atomic E-state index is 8.77. The minimum Gasteiger partial charge on any atom is -0.396 e. The molecule has 0 radical (unpaired) electrons. The Labute approximate surface area is 62.6 Å². The number of rotatable bonds is 4. The molecule has 1 aliphatic rings. The highest BCUT2D eigenvalue weighted by molar-refractivity contribution is 4.96. The Morgan fingerprint density at radius 1 is 1.60 bits per heavy atom. The molecule has 0 aromatic carbocycles. The van der Waals surface area contributed by atoms with Gasteiger partial charge in [0.1, 0.15) is 0 Å². The minimum atomic E-state index is 0.203. The topological polar surface area (TPSA) is 32.3 Å². The molecular formula is C8H17NO. The third kappa shape index (κ3) is 1.50. The highest BCUT2D eigenvalue weighted by atomic mass is 16.3. The van der Waals surface area contributed by atoms with Gasteiger partial charge in [0, 0.05) is 12.1 Å². The second-order valence-corrected chi connectivity index (χ2v) is 3.42. The molecule has 0 aromatic rings. The van der Waals surface area contributed by atoms with Crippen molar-refractivity contribution in [3.05, 3.63) is 0 Å². The number of aliphatic hydroxyl groups is 1. The summed E-state index contributed by atoms with van der Waals surface area (Å²) in [6, 6.07) is 0. The summed E-state index contributed by atoms with van der Waals surface area (Å²) in [5.74, 6) is 0.810. The van der Waals surface area contributed by atoms with Crippen molar-refractivity contribution in [1.82, 2.24) is 5.32 Å². The lowest BCUT2D eigenvalue weighted by Gasteiger charge is -2.28. The van der Waals surface area contributed by atoms with E-state index in [2.05, 4.69) is 12.2 Å². The molecule has 2 N–H and O–H groups in total. The van der Waals surface area contributed by atoms with Crippen LogP contribution in [0.1, 0.15) is 26.2 Å². The molecule has 2 nitrogen and oxygen atoms in total. The Morgan fingerprint density at radius 2 is 2.20 bits per heavy atom. The molecule has 0 heterocycles. The molecular weight excluding hydrogens is 126 g/mol. The summed E-state index contributed by atoms with van der Waals surface area (Å²) in [5.41, 5.74) is 0.203. The molecule has 0 amide bonds. The van der Waals surface area contributed by atoms with E-state index in [0.29, 0.717) is 6.61 Å². The van der Waals surface area contributed by atoms with E-state index in [0.717, 1.165) is 12.3 Å². The van der Waals surface area contributed by atoms with E-state index in [1.807, 2.05) is 7.05 Å². The Balaban J connectivity index is 2.39. The van der Waals surface area contributed by atoms with Gasteiger partial charge in [-0.25, -0.2) is 0 Å². The van der Waals surface area contributed by atoms with E-state index < -0.39 is 0 Å². The number of nitrogens with one attached hydrogen (secondary N) is 1. The summed E-state index contributed by atoms with van der Waals surface area (Å²) in [5, 5.41) is 12.1. The van der Waals surface area contributed by atoms with Crippen molar-refractivity contribution in [3.63, 3.8) is 0 Å². The Bertz CT molecular complexity index is 112. The number of aliphatic hydroxyl groups excluding tert-OH is 1. The van der Waals surface area contributed by atoms with Crippen LogP contribution >= 0.6 is 0 Å². The molecule has 1 fully saturated rings. The second-order valence-electron chi connectivity index (χ2n) is 3.42. The third-order valence-electron chi connectivity index (χ3n) is 2.68. The van der Waals surface area contributed by atoms with E-state index >= 15 is 0 Å². The van der Waals surface area contributed by atoms with E-state index in [-0.39, 0.29) is 5.54 Å². The van der Waals surface area contributed by atoms with Crippen LogP contribution in [0, 0.1) is 5.92 Å². The molecule has 1 aliphatic carbocycles. The third-order valence-corrected chi connectivity index (χ3v) is 2.68. The molecule has 0 spiro atoms. The van der Waals surface area contributed by atoms with Crippen LogP contribution in [0.2, 0.25) is 0 Å². The van der Waals surface area contributed by atoms with Gasteiger partial charge < -0.3 is 10.4 Å². The standard InChI is InChI=1S/C8H17NO/c1-8(9-2,5-6-10)7-3-4-7/h7,9-10H,3-6H2,1-2H3. The van der Waals surface area contributed by atoms with E-state index in [1.165, 1.54) is 12.8 Å². The maximum Gasteiger partial charge on any atom is 0.0448 e. The molecule has 10 heavy (non-hydrogen) atoms. The van der Waals surface area contributed by atoms with Gasteiger partial charge >= 0.3 is 0 Å². The summed E-state index contributed by atoms with van der Waals surface area (Å²) in [7, 11) is 1.98. The van der Waals surface area contributed by atoms with Gasteiger partial charge in [0.2, 0.25) is 0 Å². The fraction of sp³-hybridized carbons (Fsp3) is 1.00. The molecule has 0 bridgehead atoms. The quantitative estimate of drug-likeness (QED) is 0.609. The van der Waals surface area contributed by atoms with Crippen molar-refractivity contribution in [2.24, 2.45) is 5.92 Å². The van der Waals surface area contributed by atoms with Gasteiger partial charge in [-0.15, -0.1) is 0 Å². The van der Waals surface area contributed by atoms with Gasteiger partial charge in [-0.3, -0.25) is 0 Å². The van der Waals surface area contributed by atoms with Gasteiger partial charge in [-0.1, -0.05) is 0 Å². The normalized spacial score (nSPS) is 24.3. The van der Waals surface area contributed by atoms with Crippen molar-refractivity contribution in [3.8, 4) is 0 Å². The predicted molar refractivity (Wildman–Crippen MR) is 41.9 cm³/mol. The first kappa shape index (κ1) is 8.02. The van der Waals surface area contributed by atoms with Gasteiger partial charge in [0.05, 0.1) is 0 Å². The van der Waals surface area contributed by atoms with Gasteiger partial charge in [0.25, 0.3) is 0 Å². The van der Waals surface area contributed by atoms with Crippen molar-refractivity contribution < 1.29 is 5.11 Å². The van der Waals surface area contributed by atoms with E-state index in [9.17, 15) is 0 Å². The van der Waals surface area contributed by atoms with Crippen LogP contribution < -0.4 is 5.32 Å². The SMILES string of the molecule is CNC(C)(CCO)C1CC1. The second kappa shape index (κ2) is 2.89. The first-order valence-electron chi connectivity index (χ1n) is 4.02. The van der Waals surface area contributed by atoms with Crippen molar-refractivity contribution >= 4 is 0 Å². The minimum absolute atomic E-state index is 0.203. The Morgan fingerprint density at radius 3 is 2.50 bits per heavy atom. The molecule has 1 rings (SSSR count). The first-order valence-corrected chi connectivity index (χ1v) is 4.02. The maximum atomic E-state index is 8.77. The molecule has 0 aliphatic heterocycles. The predicted octanol–water partition coefficient (Wildman–Crippen LogP) is 0.757. The van der Waals surface area contributed by atoms with E-state index in [1.54, 1.807) is 0 Å². The van der Waals surface area contributed by atoms with Gasteiger partial charge in [0.15, 0.2) is 0 Å². The fourth-order valence-corrected chi connectivity index (χ4v) is 1.49. The monoisotopic (exact) mass is 143 g/mol. The summed E-state index contributed by atoms with van der Waals surface area (Å²) in [6.07, 6.45) is 3.54. The highest BCUT2D eigenvalue weighted by Crippen LogP contribution is 2.40. The van der Waals surface area contributed by atoms with Crippen LogP contribution in [0.3, 0.4) is 0 Å². The average molecular weight is 143 g/mol. The van der Waals surface area contributed by atoms with Crippen LogP contribution in [0.4, 0.5) is 0 Å². The molecule has 0 saturated heterocycles. The van der Waals surface area contributed by atoms with Crippen molar-refractivity contribution in [1.29, 1.82) is 0 Å². The molecule has 2 heteroatoms. The van der Waals surface area contributed by atoms with Crippen molar-refractivity contribution in [2.75, 3.05) is 13.7 Å². The Kier molecular flexibility index (Phi) is 2.32. The van der Waals surface area contributed by atoms with E-state index in [4.69, 9.17) is 5.11 Å². The van der Waals surface area contributed by atoms with Crippen molar-refractivity contribution in [2.45, 2.75) is 31.7 Å². The molecule has 1 unspecified atom stereocenters. The lowest BCUT2D eigenvalue weighted by Crippen LogP contribution is -2.42. The van der Waals surface area contributed by atoms with Gasteiger partial charge in [-0.2, -0.15) is 0 Å². The lowest BCUT2D eigenvalue weighted by atomic mass is 9.92. The first-order chi connectivity index (χ1) is 4.73. The summed E-state index contributed by atoms with van der Waals surface area (Å²) < 4.78 is 0. The Hall–Kier alpha value is -0.0800. The van der Waals surface area contributed by atoms with Crippen LogP contribution in [0.25, 0.3) is 0 Å². The summed E-state index contributed by atoms with van der Waals surface area (Å²) in [6.45, 7) is 2.49. The van der Waals surface area contributed by atoms with Crippen LogP contribution in [0.5, 0.6) is 0 Å². The largest absolute Gasteiger partial charge is 0.396 e. The lowest BCUT2D eigenvalue weighted by molar-refractivity contribution is 0.210. The number of hydrogen-bond donors (Lipinski definition) is 2. The molecule has 0 aromatic heterocycles. The zero-order valence-electron chi connectivity index (χ0n) is 6.85.